The van der Waals surface area contributed by atoms with Gasteiger partial charge in [-0.25, -0.2) is 9.78 Å². The number of nitrogens with one attached hydrogen (secondary N) is 3. The summed E-state index contributed by atoms with van der Waals surface area (Å²) in [4.78, 5) is 58.5. The first kappa shape index (κ1) is 26.3. The smallest absolute Gasteiger partial charge is 0.326 e. The minimum atomic E-state index is -1.05. The number of likely N-dealkylation sites (tertiary alicyclic amines) is 1. The van der Waals surface area contributed by atoms with Gasteiger partial charge in [-0.3, -0.25) is 14.4 Å². The van der Waals surface area contributed by atoms with Gasteiger partial charge in [0.2, 0.25) is 17.7 Å². The first-order chi connectivity index (χ1) is 15.5. The minimum Gasteiger partial charge on any atom is -0.480 e. The van der Waals surface area contributed by atoms with Crippen molar-refractivity contribution in [2.24, 2.45) is 17.6 Å². The van der Waals surface area contributed by atoms with Gasteiger partial charge in [0, 0.05) is 24.9 Å². The van der Waals surface area contributed by atoms with Crippen LogP contribution in [0.25, 0.3) is 0 Å². The average Bonchev–Trinajstić information content (AvgIpc) is 3.41. The lowest BCUT2D eigenvalue weighted by atomic mass is 9.99. The molecular formula is C22H36N6O5. The van der Waals surface area contributed by atoms with Gasteiger partial charge in [0.1, 0.15) is 18.1 Å². The van der Waals surface area contributed by atoms with E-state index >= 15 is 0 Å². The summed E-state index contributed by atoms with van der Waals surface area (Å²) in [6.45, 7) is 7.74. The number of imidazole rings is 1. The number of carboxylic acids is 1. The van der Waals surface area contributed by atoms with E-state index in [-0.39, 0.29) is 18.3 Å². The third-order valence-corrected chi connectivity index (χ3v) is 5.72. The number of H-pyrrole nitrogens is 1. The Kier molecular flexibility index (Phi) is 9.39. The van der Waals surface area contributed by atoms with Crippen molar-refractivity contribution in [2.45, 2.75) is 77.5 Å². The van der Waals surface area contributed by atoms with Gasteiger partial charge in [0.05, 0.1) is 12.4 Å². The van der Waals surface area contributed by atoms with Crippen LogP contribution in [-0.4, -0.2) is 74.4 Å². The van der Waals surface area contributed by atoms with Crippen LogP contribution in [0.15, 0.2) is 12.5 Å². The number of hydrogen-bond donors (Lipinski definition) is 5. The molecule has 1 aromatic heterocycles. The van der Waals surface area contributed by atoms with Crippen molar-refractivity contribution in [1.29, 1.82) is 0 Å². The average molecular weight is 465 g/mol. The molecule has 33 heavy (non-hydrogen) atoms. The summed E-state index contributed by atoms with van der Waals surface area (Å²) >= 11 is 0. The van der Waals surface area contributed by atoms with Crippen LogP contribution in [0.1, 0.15) is 52.7 Å². The van der Waals surface area contributed by atoms with E-state index in [1.165, 1.54) is 11.2 Å². The molecule has 1 aliphatic heterocycles. The summed E-state index contributed by atoms with van der Waals surface area (Å²) in [5, 5.41) is 14.9. The fraction of sp³-hybridized carbons (Fsp3) is 0.682. The lowest BCUT2D eigenvalue weighted by Crippen LogP contribution is -2.58. The summed E-state index contributed by atoms with van der Waals surface area (Å²) in [6, 6.07) is -3.55. The molecule has 1 fully saturated rings. The van der Waals surface area contributed by atoms with Gasteiger partial charge in [0.25, 0.3) is 0 Å². The monoisotopic (exact) mass is 464 g/mol. The summed E-state index contributed by atoms with van der Waals surface area (Å²) in [6.07, 6.45) is 4.65. The van der Waals surface area contributed by atoms with Gasteiger partial charge in [-0.1, -0.05) is 27.7 Å². The zero-order valence-corrected chi connectivity index (χ0v) is 19.7. The summed E-state index contributed by atoms with van der Waals surface area (Å²) in [5.41, 5.74) is 6.69. The van der Waals surface area contributed by atoms with Gasteiger partial charge < -0.3 is 31.4 Å². The number of nitrogens with two attached hydrogens (primary N) is 1. The van der Waals surface area contributed by atoms with Crippen molar-refractivity contribution < 1.29 is 24.3 Å². The fourth-order valence-corrected chi connectivity index (χ4v) is 3.96. The number of nitrogens with zero attached hydrogens (tertiary/aromatic N) is 2. The Bertz CT molecular complexity index is 825. The highest BCUT2D eigenvalue weighted by Crippen LogP contribution is 2.20. The van der Waals surface area contributed by atoms with E-state index in [9.17, 15) is 24.3 Å². The second kappa shape index (κ2) is 11.8. The standard InChI is InChI=1S/C22H36N6O5/c1-12(2)8-16(21(31)28-7-5-6-17(28)22(32)33)26-20(30)18(13(3)4)27-19(29)15(23)9-14-10-24-11-25-14/h10-13,15-18H,5-9,23H2,1-4H3,(H,24,25)(H,26,30)(H,27,29)(H,32,33). The second-order valence-corrected chi connectivity index (χ2v) is 9.34. The number of aliphatic carboxylic acids is 1. The number of aromatic amines is 1. The van der Waals surface area contributed by atoms with Crippen LogP contribution in [0.3, 0.4) is 0 Å². The maximum Gasteiger partial charge on any atom is 0.326 e. The van der Waals surface area contributed by atoms with Crippen LogP contribution in [0.2, 0.25) is 0 Å². The molecule has 0 radical (unpaired) electrons. The molecule has 0 bridgehead atoms. The third kappa shape index (κ3) is 7.28. The van der Waals surface area contributed by atoms with Crippen LogP contribution >= 0.6 is 0 Å². The van der Waals surface area contributed by atoms with Crippen molar-refractivity contribution in [3.05, 3.63) is 18.2 Å². The molecule has 2 heterocycles. The molecule has 0 saturated carbocycles. The minimum absolute atomic E-state index is 0.0834. The molecule has 2 rings (SSSR count). The molecule has 4 unspecified atom stereocenters. The Labute approximate surface area is 193 Å². The second-order valence-electron chi connectivity index (χ2n) is 9.34. The maximum absolute atomic E-state index is 13.2. The summed E-state index contributed by atoms with van der Waals surface area (Å²) in [5.74, 6) is -2.63. The molecule has 1 saturated heterocycles. The van der Waals surface area contributed by atoms with E-state index in [4.69, 9.17) is 5.73 Å². The Morgan fingerprint density at radius 3 is 2.45 bits per heavy atom. The number of carboxylic acid groups (broad SMARTS) is 1. The zero-order chi connectivity index (χ0) is 24.7. The number of rotatable bonds is 11. The summed E-state index contributed by atoms with van der Waals surface area (Å²) in [7, 11) is 0. The highest BCUT2D eigenvalue weighted by atomic mass is 16.4. The molecule has 11 heteroatoms. The molecule has 1 aromatic rings. The van der Waals surface area contributed by atoms with E-state index in [2.05, 4.69) is 20.6 Å². The molecule has 1 aliphatic rings. The van der Waals surface area contributed by atoms with Crippen molar-refractivity contribution in [3.8, 4) is 0 Å². The molecule has 6 N–H and O–H groups in total. The van der Waals surface area contributed by atoms with Crippen molar-refractivity contribution >= 4 is 23.7 Å². The predicted octanol–water partition coefficient (Wildman–Crippen LogP) is 0.0268. The number of carbonyl (C=O) groups is 4. The number of carbonyl (C=O) groups excluding carboxylic acids is 3. The van der Waals surface area contributed by atoms with Gasteiger partial charge in [-0.05, 0) is 31.1 Å². The van der Waals surface area contributed by atoms with Crippen molar-refractivity contribution in [1.82, 2.24) is 25.5 Å². The highest BCUT2D eigenvalue weighted by molar-refractivity contribution is 5.94. The molecular weight excluding hydrogens is 428 g/mol. The largest absolute Gasteiger partial charge is 0.480 e. The van der Waals surface area contributed by atoms with E-state index in [0.29, 0.717) is 31.5 Å². The predicted molar refractivity (Wildman–Crippen MR) is 121 cm³/mol. The van der Waals surface area contributed by atoms with E-state index in [1.54, 1.807) is 20.0 Å². The van der Waals surface area contributed by atoms with Crippen LogP contribution in [-0.2, 0) is 25.6 Å². The van der Waals surface area contributed by atoms with Gasteiger partial charge in [-0.15, -0.1) is 0 Å². The highest BCUT2D eigenvalue weighted by Gasteiger charge is 2.38. The van der Waals surface area contributed by atoms with Gasteiger partial charge >= 0.3 is 5.97 Å². The maximum atomic E-state index is 13.2. The SMILES string of the molecule is CC(C)CC(NC(=O)C(NC(=O)C(N)Cc1cnc[nH]1)C(C)C)C(=O)N1CCCC1C(=O)O. The van der Waals surface area contributed by atoms with Crippen LogP contribution in [0, 0.1) is 11.8 Å². The molecule has 4 atom stereocenters. The molecule has 0 aromatic carbocycles. The molecule has 0 spiro atoms. The fourth-order valence-electron chi connectivity index (χ4n) is 3.96. The lowest BCUT2D eigenvalue weighted by Gasteiger charge is -2.30. The number of amides is 3. The Balaban J connectivity index is 2.09. The Hall–Kier alpha value is -2.95. The Morgan fingerprint density at radius 2 is 1.91 bits per heavy atom. The summed E-state index contributed by atoms with van der Waals surface area (Å²) < 4.78 is 0. The normalized spacial score (nSPS) is 18.8. The molecule has 0 aliphatic carbocycles. The number of aromatic nitrogens is 2. The molecule has 184 valence electrons. The first-order valence-electron chi connectivity index (χ1n) is 11.4. The first-order valence-corrected chi connectivity index (χ1v) is 11.4. The Morgan fingerprint density at radius 1 is 1.21 bits per heavy atom. The van der Waals surface area contributed by atoms with Crippen molar-refractivity contribution in [2.75, 3.05) is 6.54 Å². The van der Waals surface area contributed by atoms with E-state index in [0.717, 1.165) is 0 Å². The van der Waals surface area contributed by atoms with Crippen LogP contribution in [0.5, 0.6) is 0 Å². The zero-order valence-electron chi connectivity index (χ0n) is 19.7. The topological polar surface area (TPSA) is 171 Å². The quantitative estimate of drug-likeness (QED) is 0.307. The number of hydrogen-bond acceptors (Lipinski definition) is 6. The van der Waals surface area contributed by atoms with E-state index < -0.39 is 47.9 Å². The molecule has 3 amide bonds. The molecule has 11 nitrogen and oxygen atoms in total. The third-order valence-electron chi connectivity index (χ3n) is 5.72. The van der Waals surface area contributed by atoms with Crippen LogP contribution in [0.4, 0.5) is 0 Å². The van der Waals surface area contributed by atoms with Gasteiger partial charge in [-0.2, -0.15) is 0 Å². The van der Waals surface area contributed by atoms with Crippen LogP contribution < -0.4 is 16.4 Å². The van der Waals surface area contributed by atoms with Crippen molar-refractivity contribution in [3.63, 3.8) is 0 Å². The van der Waals surface area contributed by atoms with E-state index in [1.807, 2.05) is 13.8 Å². The lowest BCUT2D eigenvalue weighted by molar-refractivity contribution is -0.149. The van der Waals surface area contributed by atoms with Gasteiger partial charge in [0.15, 0.2) is 0 Å².